The molecule has 4 nitrogen and oxygen atoms in total. The van der Waals surface area contributed by atoms with Crippen LogP contribution in [0.4, 0.5) is 0 Å². The summed E-state index contributed by atoms with van der Waals surface area (Å²) in [6, 6.07) is 0. The number of aromatic nitrogens is 3. The molecule has 0 saturated heterocycles. The van der Waals surface area contributed by atoms with E-state index in [0.717, 1.165) is 31.6 Å². The molecule has 1 heterocycles. The minimum atomic E-state index is -0.170. The molecule has 0 amide bonds. The molecule has 0 spiro atoms. The quantitative estimate of drug-likeness (QED) is 0.804. The van der Waals surface area contributed by atoms with E-state index in [1.807, 2.05) is 4.68 Å². The normalized spacial score (nSPS) is 15.4. The van der Waals surface area contributed by atoms with Crippen molar-refractivity contribution >= 4 is 0 Å². The third-order valence-electron chi connectivity index (χ3n) is 2.62. The number of rotatable bonds is 6. The van der Waals surface area contributed by atoms with Gasteiger partial charge in [-0.15, -0.1) is 0 Å². The van der Waals surface area contributed by atoms with E-state index in [9.17, 15) is 0 Å². The van der Waals surface area contributed by atoms with Crippen LogP contribution in [0, 0.1) is 5.92 Å². The first-order chi connectivity index (χ1) is 7.44. The van der Waals surface area contributed by atoms with Gasteiger partial charge in [-0.1, -0.05) is 27.2 Å². The maximum absolute atomic E-state index is 6.24. The third kappa shape index (κ3) is 3.93. The third-order valence-corrected chi connectivity index (χ3v) is 2.62. The van der Waals surface area contributed by atoms with Crippen molar-refractivity contribution < 1.29 is 0 Å². The van der Waals surface area contributed by atoms with Crippen molar-refractivity contribution in [2.45, 2.75) is 59.0 Å². The summed E-state index contributed by atoms with van der Waals surface area (Å²) in [5.74, 6) is 1.59. The van der Waals surface area contributed by atoms with Crippen molar-refractivity contribution in [3.8, 4) is 0 Å². The maximum Gasteiger partial charge on any atom is 0.138 e. The molecular formula is C12H24N4. The predicted octanol–water partition coefficient (Wildman–Crippen LogP) is 1.99. The predicted molar refractivity (Wildman–Crippen MR) is 66.1 cm³/mol. The summed E-state index contributed by atoms with van der Waals surface area (Å²) < 4.78 is 1.98. The molecular weight excluding hydrogens is 200 g/mol. The molecule has 0 aliphatic rings. The van der Waals surface area contributed by atoms with Crippen LogP contribution in [-0.4, -0.2) is 20.3 Å². The fraction of sp³-hybridized carbons (Fsp3) is 0.833. The van der Waals surface area contributed by atoms with Gasteiger partial charge < -0.3 is 5.73 Å². The molecule has 1 aromatic heterocycles. The lowest BCUT2D eigenvalue weighted by Crippen LogP contribution is -2.39. The Balaban J connectivity index is 2.69. The van der Waals surface area contributed by atoms with E-state index < -0.39 is 0 Å². The Kier molecular flexibility index (Phi) is 4.47. The first-order valence-electron chi connectivity index (χ1n) is 6.10. The zero-order valence-corrected chi connectivity index (χ0v) is 10.9. The first-order valence-corrected chi connectivity index (χ1v) is 6.10. The lowest BCUT2D eigenvalue weighted by Gasteiger charge is -2.23. The molecule has 0 saturated carbocycles. The van der Waals surface area contributed by atoms with Gasteiger partial charge in [0.15, 0.2) is 0 Å². The van der Waals surface area contributed by atoms with Crippen molar-refractivity contribution in [2.24, 2.45) is 11.7 Å². The Morgan fingerprint density at radius 1 is 1.50 bits per heavy atom. The van der Waals surface area contributed by atoms with Crippen molar-refractivity contribution in [1.29, 1.82) is 0 Å². The average molecular weight is 224 g/mol. The zero-order chi connectivity index (χ0) is 12.2. The molecule has 1 aromatic rings. The zero-order valence-electron chi connectivity index (χ0n) is 10.9. The molecule has 0 aromatic carbocycles. The highest BCUT2D eigenvalue weighted by Crippen LogP contribution is 2.15. The molecule has 2 N–H and O–H groups in total. The Morgan fingerprint density at radius 2 is 2.19 bits per heavy atom. The van der Waals surface area contributed by atoms with Crippen molar-refractivity contribution in [3.05, 3.63) is 12.2 Å². The van der Waals surface area contributed by atoms with Gasteiger partial charge in [0.05, 0.1) is 0 Å². The van der Waals surface area contributed by atoms with E-state index in [4.69, 9.17) is 5.73 Å². The van der Waals surface area contributed by atoms with Crippen LogP contribution in [0.25, 0.3) is 0 Å². The maximum atomic E-state index is 6.24. The van der Waals surface area contributed by atoms with Gasteiger partial charge >= 0.3 is 0 Å². The highest BCUT2D eigenvalue weighted by atomic mass is 15.3. The van der Waals surface area contributed by atoms with Crippen molar-refractivity contribution in [2.75, 3.05) is 0 Å². The molecule has 1 atom stereocenters. The van der Waals surface area contributed by atoms with Gasteiger partial charge in [0.1, 0.15) is 12.2 Å². The SMILES string of the molecule is CCCC(C)(N)Cc1ncnn1CC(C)C. The van der Waals surface area contributed by atoms with Crippen molar-refractivity contribution in [1.82, 2.24) is 14.8 Å². The molecule has 0 aliphatic carbocycles. The van der Waals surface area contributed by atoms with Crippen LogP contribution >= 0.6 is 0 Å². The van der Waals surface area contributed by atoms with Gasteiger partial charge in [-0.3, -0.25) is 0 Å². The molecule has 4 heteroatoms. The summed E-state index contributed by atoms with van der Waals surface area (Å²) in [6.45, 7) is 9.52. The van der Waals surface area contributed by atoms with Gasteiger partial charge in [-0.2, -0.15) is 5.10 Å². The minimum Gasteiger partial charge on any atom is -0.325 e. The van der Waals surface area contributed by atoms with Crippen LogP contribution in [0.1, 0.15) is 46.4 Å². The second-order valence-corrected chi connectivity index (χ2v) is 5.33. The van der Waals surface area contributed by atoms with E-state index in [1.54, 1.807) is 6.33 Å². The summed E-state index contributed by atoms with van der Waals surface area (Å²) in [5.41, 5.74) is 6.07. The van der Waals surface area contributed by atoms with E-state index >= 15 is 0 Å². The van der Waals surface area contributed by atoms with E-state index in [2.05, 4.69) is 37.8 Å². The molecule has 0 aliphatic heterocycles. The monoisotopic (exact) mass is 224 g/mol. The smallest absolute Gasteiger partial charge is 0.138 e. The van der Waals surface area contributed by atoms with E-state index in [-0.39, 0.29) is 5.54 Å². The first kappa shape index (κ1) is 13.2. The largest absolute Gasteiger partial charge is 0.325 e. The Labute approximate surface area is 98.2 Å². The van der Waals surface area contributed by atoms with Gasteiger partial charge in [-0.05, 0) is 19.3 Å². The van der Waals surface area contributed by atoms with Gasteiger partial charge in [-0.25, -0.2) is 9.67 Å². The van der Waals surface area contributed by atoms with Gasteiger partial charge in [0.25, 0.3) is 0 Å². The van der Waals surface area contributed by atoms with E-state index in [1.165, 1.54) is 0 Å². The summed E-state index contributed by atoms with van der Waals surface area (Å²) in [4.78, 5) is 4.31. The Morgan fingerprint density at radius 3 is 2.75 bits per heavy atom. The summed E-state index contributed by atoms with van der Waals surface area (Å²) in [5, 5.41) is 4.25. The van der Waals surface area contributed by atoms with Gasteiger partial charge in [0.2, 0.25) is 0 Å². The molecule has 16 heavy (non-hydrogen) atoms. The van der Waals surface area contributed by atoms with Crippen LogP contribution in [0.3, 0.4) is 0 Å². The second-order valence-electron chi connectivity index (χ2n) is 5.33. The highest BCUT2D eigenvalue weighted by molar-refractivity contribution is 4.95. The standard InChI is InChI=1S/C12H24N4/c1-5-6-12(4,13)7-11-14-9-15-16(11)8-10(2)3/h9-10H,5-8,13H2,1-4H3. The lowest BCUT2D eigenvalue weighted by atomic mass is 9.93. The Hall–Kier alpha value is -0.900. The molecule has 0 radical (unpaired) electrons. The summed E-state index contributed by atoms with van der Waals surface area (Å²) in [7, 11) is 0. The molecule has 0 fully saturated rings. The molecule has 1 unspecified atom stereocenters. The van der Waals surface area contributed by atoms with Crippen LogP contribution < -0.4 is 5.73 Å². The van der Waals surface area contributed by atoms with Crippen LogP contribution in [0.15, 0.2) is 6.33 Å². The fourth-order valence-electron chi connectivity index (χ4n) is 1.94. The average Bonchev–Trinajstić information content (AvgIpc) is 2.50. The van der Waals surface area contributed by atoms with Crippen molar-refractivity contribution in [3.63, 3.8) is 0 Å². The number of hydrogen-bond donors (Lipinski definition) is 1. The molecule has 1 rings (SSSR count). The highest BCUT2D eigenvalue weighted by Gasteiger charge is 2.21. The fourth-order valence-corrected chi connectivity index (χ4v) is 1.94. The van der Waals surface area contributed by atoms with Gasteiger partial charge in [0, 0.05) is 18.5 Å². The van der Waals surface area contributed by atoms with Crippen LogP contribution in [-0.2, 0) is 13.0 Å². The van der Waals surface area contributed by atoms with Crippen LogP contribution in [0.5, 0.6) is 0 Å². The minimum absolute atomic E-state index is 0.170. The summed E-state index contributed by atoms with van der Waals surface area (Å²) in [6.07, 6.45) is 4.54. The second kappa shape index (κ2) is 5.43. The summed E-state index contributed by atoms with van der Waals surface area (Å²) >= 11 is 0. The molecule has 92 valence electrons. The molecule has 0 bridgehead atoms. The Bertz CT molecular complexity index is 315. The number of nitrogens with zero attached hydrogens (tertiary/aromatic N) is 3. The lowest BCUT2D eigenvalue weighted by molar-refractivity contribution is 0.390. The van der Waals surface area contributed by atoms with E-state index in [0.29, 0.717) is 5.92 Å². The topological polar surface area (TPSA) is 56.7 Å². The number of nitrogens with two attached hydrogens (primary N) is 1. The number of hydrogen-bond acceptors (Lipinski definition) is 3. The van der Waals surface area contributed by atoms with Crippen LogP contribution in [0.2, 0.25) is 0 Å².